The third-order valence-corrected chi connectivity index (χ3v) is 13.2. The van der Waals surface area contributed by atoms with Crippen molar-refractivity contribution in [3.8, 4) is 11.8 Å². The third-order valence-electron chi connectivity index (χ3n) is 8.79. The van der Waals surface area contributed by atoms with Gasteiger partial charge in [0.15, 0.2) is 5.78 Å². The van der Waals surface area contributed by atoms with Crippen LogP contribution < -0.4 is 4.43 Å². The number of nitrogens with zero attached hydrogens (tertiary/aromatic N) is 1. The first-order valence-corrected chi connectivity index (χ1v) is 14.1. The van der Waals surface area contributed by atoms with Crippen LogP contribution in [-0.2, 0) is 11.2 Å². The smallest absolute Gasteiger partial charge is 0.250 e. The van der Waals surface area contributed by atoms with Gasteiger partial charge in [0.2, 0.25) is 8.32 Å². The van der Waals surface area contributed by atoms with Crippen LogP contribution >= 0.6 is 0 Å². The molecule has 4 heteroatoms. The number of carbonyl (C=O) groups is 1. The number of hydrogen-bond acceptors (Lipinski definition) is 3. The minimum atomic E-state index is -1.84. The van der Waals surface area contributed by atoms with Crippen LogP contribution in [0.3, 0.4) is 0 Å². The van der Waals surface area contributed by atoms with Gasteiger partial charge >= 0.3 is 0 Å². The molecule has 4 rings (SSSR count). The maximum atomic E-state index is 12.8. The number of benzene rings is 1. The number of Topliss-reactive ketones (excluding diaryl/α,β-unsaturated/α-hetero) is 1. The molecule has 0 amide bonds. The average Bonchev–Trinajstić information content (AvgIpc) is 2.91. The fraction of sp³-hybridized carbons (Fsp3) is 0.680. The molecule has 1 aromatic carbocycles. The van der Waals surface area contributed by atoms with E-state index >= 15 is 0 Å². The zero-order valence-electron chi connectivity index (χ0n) is 18.8. The van der Waals surface area contributed by atoms with Crippen LogP contribution in [0.15, 0.2) is 18.2 Å². The Kier molecular flexibility index (Phi) is 4.78. The van der Waals surface area contributed by atoms with Gasteiger partial charge in [-0.05, 0) is 91.2 Å². The summed E-state index contributed by atoms with van der Waals surface area (Å²) in [5, 5.41) is 9.64. The summed E-state index contributed by atoms with van der Waals surface area (Å²) in [4.78, 5) is 12.8. The molecule has 0 bridgehead atoms. The standard InChI is InChI=1S/C25H35NO2Si/c1-24(2,3)29(5,6)28-18-8-10-19-16(13-18)7-9-21-20(19)11-12-25(4)22(21)14-17(15-26)23(25)27/h8,10,13,17,20-22H,7,9,11-12,14H2,1-6H3/t17?,20?,21?,22?,25-/m0/s1. The molecule has 0 N–H and O–H groups in total. The molecule has 0 spiro atoms. The van der Waals surface area contributed by atoms with Crippen molar-refractivity contribution in [2.24, 2.45) is 23.2 Å². The summed E-state index contributed by atoms with van der Waals surface area (Å²) in [7, 11) is -1.84. The molecule has 3 aliphatic carbocycles. The topological polar surface area (TPSA) is 50.1 Å². The molecule has 5 atom stereocenters. The van der Waals surface area contributed by atoms with E-state index in [0.29, 0.717) is 17.8 Å². The average molecular weight is 410 g/mol. The number of nitriles is 1. The summed E-state index contributed by atoms with van der Waals surface area (Å²) in [6, 6.07) is 9.05. The van der Waals surface area contributed by atoms with Crippen molar-refractivity contribution in [2.45, 2.75) is 83.8 Å². The lowest BCUT2D eigenvalue weighted by Gasteiger charge is -2.48. The first-order valence-electron chi connectivity index (χ1n) is 11.2. The van der Waals surface area contributed by atoms with Gasteiger partial charge in [-0.15, -0.1) is 0 Å². The lowest BCUT2D eigenvalue weighted by molar-refractivity contribution is -0.130. The van der Waals surface area contributed by atoms with Crippen molar-refractivity contribution in [3.63, 3.8) is 0 Å². The molecule has 3 aliphatic rings. The first kappa shape index (κ1) is 20.7. The van der Waals surface area contributed by atoms with E-state index in [1.54, 1.807) is 0 Å². The molecule has 2 saturated carbocycles. The Balaban J connectivity index is 1.60. The van der Waals surface area contributed by atoms with E-state index in [2.05, 4.69) is 65.1 Å². The Bertz CT molecular complexity index is 878. The summed E-state index contributed by atoms with van der Waals surface area (Å²) in [5.74, 6) is 2.29. The SMILES string of the molecule is CC(C)(C)[Si](C)(C)Oc1ccc2c(c1)CCC1C2CC[C@]2(C)C(=O)C(C#N)CC12. The molecule has 4 unspecified atom stereocenters. The quantitative estimate of drug-likeness (QED) is 0.543. The Morgan fingerprint density at radius 2 is 1.97 bits per heavy atom. The summed E-state index contributed by atoms with van der Waals surface area (Å²) in [5.41, 5.74) is 2.63. The van der Waals surface area contributed by atoms with Crippen LogP contribution in [0.1, 0.15) is 70.4 Å². The molecule has 156 valence electrons. The molecule has 29 heavy (non-hydrogen) atoms. The second-order valence-corrected chi connectivity index (χ2v) is 16.1. The van der Waals surface area contributed by atoms with Crippen LogP contribution in [0.4, 0.5) is 0 Å². The van der Waals surface area contributed by atoms with Crippen molar-refractivity contribution < 1.29 is 9.22 Å². The zero-order valence-corrected chi connectivity index (χ0v) is 19.8. The van der Waals surface area contributed by atoms with Gasteiger partial charge in [-0.2, -0.15) is 5.26 Å². The molecule has 3 nitrogen and oxygen atoms in total. The molecule has 0 heterocycles. The molecular weight excluding hydrogens is 374 g/mol. The Morgan fingerprint density at radius 3 is 2.62 bits per heavy atom. The monoisotopic (exact) mass is 409 g/mol. The largest absolute Gasteiger partial charge is 0.543 e. The molecular formula is C25H35NO2Si. The highest BCUT2D eigenvalue weighted by Crippen LogP contribution is 2.60. The number of carbonyl (C=O) groups excluding carboxylic acids is 1. The minimum Gasteiger partial charge on any atom is -0.543 e. The van der Waals surface area contributed by atoms with E-state index in [-0.39, 0.29) is 22.2 Å². The van der Waals surface area contributed by atoms with Gasteiger partial charge in [-0.25, -0.2) is 0 Å². The Morgan fingerprint density at radius 1 is 1.24 bits per heavy atom. The lowest BCUT2D eigenvalue weighted by atomic mass is 9.55. The van der Waals surface area contributed by atoms with Crippen LogP contribution in [0, 0.1) is 34.5 Å². The normalized spacial score (nSPS) is 34.0. The molecule has 0 aromatic heterocycles. The van der Waals surface area contributed by atoms with Gasteiger partial charge in [0.1, 0.15) is 11.7 Å². The molecule has 0 saturated heterocycles. The van der Waals surface area contributed by atoms with Crippen LogP contribution in [0.5, 0.6) is 5.75 Å². The fourth-order valence-electron chi connectivity index (χ4n) is 6.00. The summed E-state index contributed by atoms with van der Waals surface area (Å²) < 4.78 is 6.55. The Hall–Kier alpha value is -1.60. The van der Waals surface area contributed by atoms with Crippen LogP contribution in [-0.4, -0.2) is 14.1 Å². The van der Waals surface area contributed by atoms with Crippen LogP contribution in [0.25, 0.3) is 0 Å². The van der Waals surface area contributed by atoms with Crippen molar-refractivity contribution in [3.05, 3.63) is 29.3 Å². The fourth-order valence-corrected chi connectivity index (χ4v) is 7.02. The van der Waals surface area contributed by atoms with Crippen molar-refractivity contribution >= 4 is 14.1 Å². The van der Waals surface area contributed by atoms with Crippen LogP contribution in [0.2, 0.25) is 18.1 Å². The van der Waals surface area contributed by atoms with E-state index < -0.39 is 8.32 Å². The highest BCUT2D eigenvalue weighted by atomic mass is 28.4. The van der Waals surface area contributed by atoms with Crippen molar-refractivity contribution in [1.82, 2.24) is 0 Å². The lowest BCUT2D eigenvalue weighted by Crippen LogP contribution is -2.44. The van der Waals surface area contributed by atoms with E-state index in [1.165, 1.54) is 11.1 Å². The predicted molar refractivity (Wildman–Crippen MR) is 118 cm³/mol. The van der Waals surface area contributed by atoms with Crippen molar-refractivity contribution in [1.29, 1.82) is 5.26 Å². The van der Waals surface area contributed by atoms with E-state index in [1.807, 2.05) is 0 Å². The minimum absolute atomic E-state index is 0.189. The molecule has 0 radical (unpaired) electrons. The second-order valence-electron chi connectivity index (χ2n) is 11.4. The second kappa shape index (κ2) is 6.70. The number of aryl methyl sites for hydroxylation is 1. The predicted octanol–water partition coefficient (Wildman–Crippen LogP) is 6.25. The van der Waals surface area contributed by atoms with Gasteiger partial charge in [-0.1, -0.05) is 33.8 Å². The van der Waals surface area contributed by atoms with Gasteiger partial charge in [0.25, 0.3) is 0 Å². The number of hydrogen-bond donors (Lipinski definition) is 0. The highest BCUT2D eigenvalue weighted by Gasteiger charge is 2.58. The third kappa shape index (κ3) is 3.17. The van der Waals surface area contributed by atoms with E-state index in [9.17, 15) is 10.1 Å². The van der Waals surface area contributed by atoms with Gasteiger partial charge < -0.3 is 4.43 Å². The zero-order chi connectivity index (χ0) is 21.2. The van der Waals surface area contributed by atoms with Gasteiger partial charge in [0.05, 0.1) is 6.07 Å². The summed E-state index contributed by atoms with van der Waals surface area (Å²) >= 11 is 0. The number of ketones is 1. The van der Waals surface area contributed by atoms with E-state index in [4.69, 9.17) is 4.43 Å². The maximum absolute atomic E-state index is 12.8. The van der Waals surface area contributed by atoms with E-state index in [0.717, 1.165) is 37.9 Å². The highest BCUT2D eigenvalue weighted by molar-refractivity contribution is 6.74. The Labute approximate surface area is 177 Å². The van der Waals surface area contributed by atoms with Gasteiger partial charge in [0, 0.05) is 5.41 Å². The first-order chi connectivity index (χ1) is 13.5. The maximum Gasteiger partial charge on any atom is 0.250 e. The number of rotatable bonds is 2. The summed E-state index contributed by atoms with van der Waals surface area (Å²) in [6.07, 6.45) is 4.96. The molecule has 0 aliphatic heterocycles. The number of fused-ring (bicyclic) bond motifs is 5. The van der Waals surface area contributed by atoms with Crippen molar-refractivity contribution in [2.75, 3.05) is 0 Å². The molecule has 2 fully saturated rings. The van der Waals surface area contributed by atoms with Gasteiger partial charge in [-0.3, -0.25) is 4.79 Å². The summed E-state index contributed by atoms with van der Waals surface area (Å²) in [6.45, 7) is 13.6. The molecule has 1 aromatic rings.